The summed E-state index contributed by atoms with van der Waals surface area (Å²) in [5, 5.41) is 0. The monoisotopic (exact) mass is 239 g/mol. The Kier molecular flexibility index (Phi) is 1.97. The average Bonchev–Trinajstić information content (AvgIpc) is 2.65. The molecular formula is C10H9NS3. The molecule has 72 valence electrons. The van der Waals surface area contributed by atoms with E-state index in [1.165, 1.54) is 30.9 Å². The van der Waals surface area contributed by atoms with Crippen LogP contribution in [-0.2, 0) is 0 Å². The van der Waals surface area contributed by atoms with Crippen LogP contribution in [0.3, 0.4) is 0 Å². The molecule has 0 aliphatic carbocycles. The summed E-state index contributed by atoms with van der Waals surface area (Å²) in [7, 11) is 3.73. The van der Waals surface area contributed by atoms with Crippen LogP contribution in [-0.4, -0.2) is 4.98 Å². The fourth-order valence-corrected chi connectivity index (χ4v) is 5.45. The molecule has 4 heteroatoms. The van der Waals surface area contributed by atoms with Gasteiger partial charge in [-0.25, -0.2) is 0 Å². The van der Waals surface area contributed by atoms with Crippen LogP contribution >= 0.6 is 32.9 Å². The molecule has 0 radical (unpaired) electrons. The number of hydrogen-bond acceptors (Lipinski definition) is 3. The van der Waals surface area contributed by atoms with Crippen LogP contribution in [0.5, 0.6) is 0 Å². The molecule has 0 aromatic carbocycles. The van der Waals surface area contributed by atoms with E-state index in [4.69, 9.17) is 0 Å². The van der Waals surface area contributed by atoms with Crippen molar-refractivity contribution in [3.8, 4) is 10.6 Å². The highest BCUT2D eigenvalue weighted by Crippen LogP contribution is 2.53. The summed E-state index contributed by atoms with van der Waals surface area (Å²) in [6.07, 6.45) is 0. The number of aromatic nitrogens is 1. The van der Waals surface area contributed by atoms with Gasteiger partial charge in [-0.1, -0.05) is 21.6 Å². The Morgan fingerprint density at radius 3 is 2.71 bits per heavy atom. The third kappa shape index (κ3) is 1.25. The van der Waals surface area contributed by atoms with E-state index >= 15 is 0 Å². The third-order valence-corrected chi connectivity index (χ3v) is 5.80. The van der Waals surface area contributed by atoms with Gasteiger partial charge in [0.15, 0.2) is 0 Å². The van der Waals surface area contributed by atoms with Gasteiger partial charge in [-0.15, -0.1) is 11.3 Å². The summed E-state index contributed by atoms with van der Waals surface area (Å²) in [4.78, 5) is 9.03. The molecule has 3 rings (SSSR count). The van der Waals surface area contributed by atoms with Gasteiger partial charge >= 0.3 is 0 Å². The van der Waals surface area contributed by atoms with Crippen molar-refractivity contribution in [2.24, 2.45) is 0 Å². The molecule has 2 aromatic rings. The second-order valence-corrected chi connectivity index (χ2v) is 6.88. The lowest BCUT2D eigenvalue weighted by Gasteiger charge is -2.09. The van der Waals surface area contributed by atoms with E-state index in [0.717, 1.165) is 0 Å². The Balaban J connectivity index is 2.27. The van der Waals surface area contributed by atoms with Crippen LogP contribution in [0.4, 0.5) is 0 Å². The molecule has 1 N–H and O–H groups in total. The van der Waals surface area contributed by atoms with Crippen molar-refractivity contribution in [1.82, 2.24) is 4.98 Å². The minimum atomic E-state index is 1.25. The summed E-state index contributed by atoms with van der Waals surface area (Å²) in [5.74, 6) is 0. The number of fused-ring (bicyclic) bond motifs is 3. The van der Waals surface area contributed by atoms with E-state index in [9.17, 15) is 0 Å². The summed E-state index contributed by atoms with van der Waals surface area (Å²) in [5.41, 5.74) is 2.57. The lowest BCUT2D eigenvalue weighted by atomic mass is 10.3. The number of aromatic amines is 1. The molecule has 0 atom stereocenters. The first kappa shape index (κ1) is 8.95. The lowest BCUT2D eigenvalue weighted by Crippen LogP contribution is -1.81. The van der Waals surface area contributed by atoms with Crippen molar-refractivity contribution >= 4 is 32.9 Å². The number of aryl methyl sites for hydroxylation is 2. The predicted octanol–water partition coefficient (Wildman–Crippen LogP) is 4.47. The Labute approximate surface area is 94.7 Å². The van der Waals surface area contributed by atoms with Crippen molar-refractivity contribution in [3.63, 3.8) is 0 Å². The zero-order valence-corrected chi connectivity index (χ0v) is 10.3. The Morgan fingerprint density at radius 2 is 1.86 bits per heavy atom. The van der Waals surface area contributed by atoms with Crippen LogP contribution < -0.4 is 0 Å². The van der Waals surface area contributed by atoms with Crippen molar-refractivity contribution in [2.45, 2.75) is 23.6 Å². The molecule has 0 amide bonds. The molecule has 3 heterocycles. The van der Waals surface area contributed by atoms with Crippen LogP contribution in [0, 0.1) is 13.8 Å². The maximum atomic E-state index is 3.44. The van der Waals surface area contributed by atoms with Gasteiger partial charge in [-0.3, -0.25) is 0 Å². The number of H-pyrrole nitrogens is 1. The van der Waals surface area contributed by atoms with E-state index < -0.39 is 0 Å². The standard InChI is InChI=1S/C10H9NS3/c1-5-3-7-9(11-5)10-8(14-13-7)4-6(2)12-10/h3-4,11H,1-2H3. The molecular weight excluding hydrogens is 230 g/mol. The van der Waals surface area contributed by atoms with Crippen LogP contribution in [0.1, 0.15) is 10.6 Å². The second kappa shape index (κ2) is 3.08. The van der Waals surface area contributed by atoms with E-state index in [-0.39, 0.29) is 0 Å². The van der Waals surface area contributed by atoms with Gasteiger partial charge in [0.05, 0.1) is 10.6 Å². The Bertz CT molecular complexity index is 449. The van der Waals surface area contributed by atoms with E-state index in [0.29, 0.717) is 0 Å². The molecule has 0 unspecified atom stereocenters. The molecule has 14 heavy (non-hydrogen) atoms. The molecule has 1 aliphatic heterocycles. The highest BCUT2D eigenvalue weighted by Gasteiger charge is 2.21. The van der Waals surface area contributed by atoms with Crippen LogP contribution in [0.2, 0.25) is 0 Å². The summed E-state index contributed by atoms with van der Waals surface area (Å²) >= 11 is 1.88. The van der Waals surface area contributed by atoms with Gasteiger partial charge < -0.3 is 4.98 Å². The van der Waals surface area contributed by atoms with E-state index in [2.05, 4.69) is 31.0 Å². The summed E-state index contributed by atoms with van der Waals surface area (Å²) in [6, 6.07) is 4.50. The molecule has 0 fully saturated rings. The highest BCUT2D eigenvalue weighted by atomic mass is 33.1. The maximum absolute atomic E-state index is 3.44. The molecule has 0 saturated heterocycles. The summed E-state index contributed by atoms with van der Waals surface area (Å²) < 4.78 is 0. The molecule has 2 aromatic heterocycles. The fraction of sp³-hybridized carbons (Fsp3) is 0.200. The largest absolute Gasteiger partial charge is 0.357 e. The van der Waals surface area contributed by atoms with Gasteiger partial charge in [-0.2, -0.15) is 0 Å². The van der Waals surface area contributed by atoms with Crippen LogP contribution in [0.25, 0.3) is 10.6 Å². The Morgan fingerprint density at radius 1 is 1.07 bits per heavy atom. The first-order valence-electron chi connectivity index (χ1n) is 4.39. The Hall–Kier alpha value is -0.320. The smallest absolute Gasteiger partial charge is 0.0716 e. The minimum Gasteiger partial charge on any atom is -0.357 e. The molecule has 1 nitrogen and oxygen atoms in total. The number of thiophene rings is 1. The minimum absolute atomic E-state index is 1.25. The predicted molar refractivity (Wildman–Crippen MR) is 65.3 cm³/mol. The molecule has 0 bridgehead atoms. The summed E-state index contributed by atoms with van der Waals surface area (Å²) in [6.45, 7) is 4.29. The van der Waals surface area contributed by atoms with Gasteiger partial charge in [0.1, 0.15) is 0 Å². The van der Waals surface area contributed by atoms with E-state index in [1.54, 1.807) is 0 Å². The van der Waals surface area contributed by atoms with Crippen molar-refractivity contribution in [3.05, 3.63) is 22.7 Å². The number of rotatable bonds is 0. The maximum Gasteiger partial charge on any atom is 0.0716 e. The van der Waals surface area contributed by atoms with Crippen molar-refractivity contribution < 1.29 is 0 Å². The quantitative estimate of drug-likeness (QED) is 0.682. The van der Waals surface area contributed by atoms with Gasteiger partial charge in [0.25, 0.3) is 0 Å². The normalized spacial score (nSPS) is 13.9. The zero-order chi connectivity index (χ0) is 9.71. The first-order chi connectivity index (χ1) is 6.74. The SMILES string of the molecule is Cc1cc2c([nH]1)-c1sc(C)cc1SS2. The van der Waals surface area contributed by atoms with Crippen molar-refractivity contribution in [1.29, 1.82) is 0 Å². The molecule has 1 aliphatic rings. The topological polar surface area (TPSA) is 15.8 Å². The first-order valence-corrected chi connectivity index (χ1v) is 7.35. The molecule has 0 spiro atoms. The van der Waals surface area contributed by atoms with Gasteiger partial charge in [-0.05, 0) is 26.0 Å². The lowest BCUT2D eigenvalue weighted by molar-refractivity contribution is 1.26. The van der Waals surface area contributed by atoms with Crippen molar-refractivity contribution in [2.75, 3.05) is 0 Å². The van der Waals surface area contributed by atoms with Gasteiger partial charge in [0.2, 0.25) is 0 Å². The van der Waals surface area contributed by atoms with Crippen LogP contribution in [0.15, 0.2) is 21.9 Å². The van der Waals surface area contributed by atoms with E-state index in [1.807, 2.05) is 32.9 Å². The average molecular weight is 239 g/mol. The highest BCUT2D eigenvalue weighted by molar-refractivity contribution is 8.76. The third-order valence-electron chi connectivity index (χ3n) is 2.19. The second-order valence-electron chi connectivity index (χ2n) is 3.41. The fourth-order valence-electron chi connectivity index (χ4n) is 1.61. The van der Waals surface area contributed by atoms with Gasteiger partial charge in [0, 0.05) is 20.4 Å². The number of nitrogens with one attached hydrogen (secondary N) is 1. The zero-order valence-electron chi connectivity index (χ0n) is 7.88. The number of hydrogen-bond donors (Lipinski definition) is 1. The molecule has 0 saturated carbocycles.